The summed E-state index contributed by atoms with van der Waals surface area (Å²) >= 11 is 1.46. The van der Waals surface area contributed by atoms with Crippen LogP contribution < -0.4 is 10.1 Å². The number of aryl methyl sites for hydroxylation is 1. The summed E-state index contributed by atoms with van der Waals surface area (Å²) in [6.07, 6.45) is 1.88. The van der Waals surface area contributed by atoms with E-state index in [0.29, 0.717) is 5.19 Å². The van der Waals surface area contributed by atoms with Crippen molar-refractivity contribution in [3.63, 3.8) is 0 Å². The molecule has 0 atom stereocenters. The highest BCUT2D eigenvalue weighted by Crippen LogP contribution is 2.34. The number of anilines is 1. The lowest BCUT2D eigenvalue weighted by molar-refractivity contribution is 0.242. The van der Waals surface area contributed by atoms with Gasteiger partial charge in [-0.3, -0.25) is 0 Å². The van der Waals surface area contributed by atoms with Gasteiger partial charge in [0.1, 0.15) is 16.6 Å². The van der Waals surface area contributed by atoms with E-state index < -0.39 is 0 Å². The molecular formula is C12H15N5OS. The zero-order valence-corrected chi connectivity index (χ0v) is 12.1. The molecule has 6 nitrogen and oxygen atoms in total. The van der Waals surface area contributed by atoms with Crippen molar-refractivity contribution in [2.24, 2.45) is 7.05 Å². The number of hydrogen-bond donors (Lipinski definition) is 1. The minimum Gasteiger partial charge on any atom is -0.467 e. The molecule has 0 radical (unpaired) electrons. The zero-order valence-electron chi connectivity index (χ0n) is 11.3. The topological polar surface area (TPSA) is 64.9 Å². The number of rotatable bonds is 3. The lowest BCUT2D eigenvalue weighted by atomic mass is 10.3. The van der Waals surface area contributed by atoms with Gasteiger partial charge in [-0.1, -0.05) is 11.3 Å². The SMILES string of the molecule is CNc1nc2sc(OC(C)C)nc2c2c1ncn2C. The number of hydrogen-bond acceptors (Lipinski definition) is 6. The molecule has 19 heavy (non-hydrogen) atoms. The van der Waals surface area contributed by atoms with Crippen molar-refractivity contribution in [2.45, 2.75) is 20.0 Å². The Hall–Kier alpha value is -1.89. The lowest BCUT2D eigenvalue weighted by Gasteiger charge is -2.03. The average Bonchev–Trinajstić information content (AvgIpc) is 2.90. The zero-order chi connectivity index (χ0) is 13.6. The first kappa shape index (κ1) is 12.2. The molecule has 3 heterocycles. The van der Waals surface area contributed by atoms with Crippen LogP contribution in [0.4, 0.5) is 5.82 Å². The maximum Gasteiger partial charge on any atom is 0.276 e. The number of fused-ring (bicyclic) bond motifs is 3. The second-order valence-corrected chi connectivity index (χ2v) is 5.50. The third-order valence-electron chi connectivity index (χ3n) is 2.76. The summed E-state index contributed by atoms with van der Waals surface area (Å²) in [6.45, 7) is 3.97. The molecule has 7 heteroatoms. The van der Waals surface area contributed by atoms with Gasteiger partial charge < -0.3 is 14.6 Å². The van der Waals surface area contributed by atoms with E-state index in [4.69, 9.17) is 4.74 Å². The first-order chi connectivity index (χ1) is 9.10. The van der Waals surface area contributed by atoms with Crippen molar-refractivity contribution in [3.05, 3.63) is 6.33 Å². The molecule has 0 bridgehead atoms. The minimum atomic E-state index is 0.103. The number of aromatic nitrogens is 4. The molecule has 3 aromatic heterocycles. The molecule has 0 aliphatic rings. The number of nitrogens with zero attached hydrogens (tertiary/aromatic N) is 4. The molecule has 0 unspecified atom stereocenters. The molecule has 0 fully saturated rings. The maximum atomic E-state index is 5.66. The Balaban J connectivity index is 2.31. The van der Waals surface area contributed by atoms with Gasteiger partial charge in [-0.05, 0) is 13.8 Å². The Bertz CT molecular complexity index is 745. The van der Waals surface area contributed by atoms with Crippen molar-refractivity contribution in [2.75, 3.05) is 12.4 Å². The highest BCUT2D eigenvalue weighted by Gasteiger charge is 2.17. The van der Waals surface area contributed by atoms with Gasteiger partial charge in [-0.2, -0.15) is 4.98 Å². The smallest absolute Gasteiger partial charge is 0.276 e. The van der Waals surface area contributed by atoms with Crippen LogP contribution in [0.3, 0.4) is 0 Å². The fourth-order valence-corrected chi connectivity index (χ4v) is 2.91. The predicted octanol–water partition coefficient (Wildman–Crippen LogP) is 2.41. The Morgan fingerprint density at radius 1 is 1.32 bits per heavy atom. The van der Waals surface area contributed by atoms with E-state index in [9.17, 15) is 0 Å². The fourth-order valence-electron chi connectivity index (χ4n) is 1.99. The second kappa shape index (κ2) is 4.34. The molecular weight excluding hydrogens is 262 g/mol. The number of imidazole rings is 1. The quantitative estimate of drug-likeness (QED) is 0.796. The van der Waals surface area contributed by atoms with Gasteiger partial charge in [-0.15, -0.1) is 0 Å². The largest absolute Gasteiger partial charge is 0.467 e. The molecule has 0 aromatic carbocycles. The number of ether oxygens (including phenoxy) is 1. The molecule has 0 aliphatic carbocycles. The first-order valence-corrected chi connectivity index (χ1v) is 6.87. The average molecular weight is 277 g/mol. The van der Waals surface area contributed by atoms with Gasteiger partial charge in [0.05, 0.1) is 12.4 Å². The van der Waals surface area contributed by atoms with Crippen LogP contribution in [0.25, 0.3) is 21.4 Å². The fraction of sp³-hybridized carbons (Fsp3) is 0.417. The molecule has 1 N–H and O–H groups in total. The van der Waals surface area contributed by atoms with Crippen molar-refractivity contribution < 1.29 is 4.74 Å². The molecule has 3 rings (SSSR count). The van der Waals surface area contributed by atoms with E-state index in [-0.39, 0.29) is 6.10 Å². The van der Waals surface area contributed by atoms with Gasteiger partial charge in [0.25, 0.3) is 5.19 Å². The monoisotopic (exact) mass is 277 g/mol. The van der Waals surface area contributed by atoms with Crippen LogP contribution in [0.15, 0.2) is 6.33 Å². The lowest BCUT2D eigenvalue weighted by Crippen LogP contribution is -2.04. The third kappa shape index (κ3) is 1.90. The van der Waals surface area contributed by atoms with Crippen LogP contribution in [0.1, 0.15) is 13.8 Å². The molecule has 3 aromatic rings. The van der Waals surface area contributed by atoms with E-state index >= 15 is 0 Å². The minimum absolute atomic E-state index is 0.103. The maximum absolute atomic E-state index is 5.66. The van der Waals surface area contributed by atoms with Gasteiger partial charge >= 0.3 is 0 Å². The Labute approximate surface area is 114 Å². The van der Waals surface area contributed by atoms with Crippen LogP contribution in [0.2, 0.25) is 0 Å². The van der Waals surface area contributed by atoms with E-state index in [1.165, 1.54) is 11.3 Å². The Kier molecular flexibility index (Phi) is 2.78. The molecule has 0 aliphatic heterocycles. The van der Waals surface area contributed by atoms with Crippen molar-refractivity contribution in [1.82, 2.24) is 19.5 Å². The summed E-state index contributed by atoms with van der Waals surface area (Å²) in [5, 5.41) is 3.72. The van der Waals surface area contributed by atoms with Gasteiger partial charge in [0, 0.05) is 14.1 Å². The van der Waals surface area contributed by atoms with E-state index in [1.807, 2.05) is 32.5 Å². The van der Waals surface area contributed by atoms with E-state index in [2.05, 4.69) is 20.3 Å². The van der Waals surface area contributed by atoms with E-state index in [0.717, 1.165) is 27.2 Å². The highest BCUT2D eigenvalue weighted by atomic mass is 32.1. The van der Waals surface area contributed by atoms with Crippen LogP contribution in [-0.2, 0) is 7.05 Å². The van der Waals surface area contributed by atoms with Crippen LogP contribution in [-0.4, -0.2) is 32.7 Å². The normalized spacial score (nSPS) is 11.6. The highest BCUT2D eigenvalue weighted by molar-refractivity contribution is 7.20. The summed E-state index contributed by atoms with van der Waals surface area (Å²) in [7, 11) is 3.80. The standard InChI is InChI=1S/C12H15N5OS/c1-6(2)18-12-15-8-9-7(14-5-17(9)4)10(13-3)16-11(8)19-12/h5-6H,1-4H3,(H,13,16). The Morgan fingerprint density at radius 2 is 2.11 bits per heavy atom. The summed E-state index contributed by atoms with van der Waals surface area (Å²) < 4.78 is 7.61. The van der Waals surface area contributed by atoms with Crippen LogP contribution in [0, 0.1) is 0 Å². The van der Waals surface area contributed by atoms with Gasteiger partial charge in [0.15, 0.2) is 10.6 Å². The molecule has 0 saturated carbocycles. The van der Waals surface area contributed by atoms with Gasteiger partial charge in [0.2, 0.25) is 0 Å². The van der Waals surface area contributed by atoms with Crippen molar-refractivity contribution in [1.29, 1.82) is 0 Å². The van der Waals surface area contributed by atoms with E-state index in [1.54, 1.807) is 6.33 Å². The summed E-state index contributed by atoms with van der Waals surface area (Å²) in [5.74, 6) is 0.767. The molecule has 0 saturated heterocycles. The first-order valence-electron chi connectivity index (χ1n) is 6.06. The number of pyridine rings is 1. The van der Waals surface area contributed by atoms with Gasteiger partial charge in [-0.25, -0.2) is 9.97 Å². The van der Waals surface area contributed by atoms with Crippen molar-refractivity contribution >= 4 is 38.5 Å². The summed E-state index contributed by atoms with van der Waals surface area (Å²) in [6, 6.07) is 0. The molecule has 100 valence electrons. The third-order valence-corrected chi connectivity index (χ3v) is 3.60. The number of nitrogens with one attached hydrogen (secondary N) is 1. The summed E-state index contributed by atoms with van der Waals surface area (Å²) in [4.78, 5) is 14.3. The van der Waals surface area contributed by atoms with Crippen LogP contribution >= 0.6 is 11.3 Å². The predicted molar refractivity (Wildman–Crippen MR) is 77.0 cm³/mol. The molecule has 0 amide bonds. The summed E-state index contributed by atoms with van der Waals surface area (Å²) in [5.41, 5.74) is 2.65. The second-order valence-electron chi connectivity index (χ2n) is 4.56. The molecule has 0 spiro atoms. The van der Waals surface area contributed by atoms with Crippen molar-refractivity contribution in [3.8, 4) is 5.19 Å². The van der Waals surface area contributed by atoms with Crippen LogP contribution in [0.5, 0.6) is 5.19 Å². The number of thiazole rings is 1. The Morgan fingerprint density at radius 3 is 2.79 bits per heavy atom.